The largest absolute Gasteiger partial charge is 0.478 e. The number of carbonyl (C=O) groups excluding carboxylic acids is 1. The summed E-state index contributed by atoms with van der Waals surface area (Å²) in [6, 6.07) is 5.02. The molecule has 1 aromatic heterocycles. The zero-order valence-electron chi connectivity index (χ0n) is 13.0. The minimum absolute atomic E-state index is 0.0602. The molecule has 0 radical (unpaired) electrons. The van der Waals surface area contributed by atoms with Crippen LogP contribution in [-0.4, -0.2) is 33.5 Å². The number of nitrogens with zero attached hydrogens (tertiary/aromatic N) is 1. The Morgan fingerprint density at radius 3 is 2.65 bits per heavy atom. The number of anilines is 1. The van der Waals surface area contributed by atoms with Crippen molar-refractivity contribution in [3.8, 4) is 0 Å². The molecule has 23 heavy (non-hydrogen) atoms. The molecule has 1 heterocycles. The van der Waals surface area contributed by atoms with E-state index in [1.807, 2.05) is 13.8 Å². The lowest BCUT2D eigenvalue weighted by atomic mass is 9.75. The van der Waals surface area contributed by atoms with Crippen LogP contribution in [0.4, 0.5) is 5.13 Å². The molecule has 122 valence electrons. The second-order valence-electron chi connectivity index (χ2n) is 6.20. The fraction of sp³-hybridized carbons (Fsp3) is 0.438. The molecule has 3 N–H and O–H groups in total. The van der Waals surface area contributed by atoms with Crippen molar-refractivity contribution >= 4 is 38.6 Å². The maximum Gasteiger partial charge on any atom is 0.335 e. The molecule has 2 aromatic rings. The van der Waals surface area contributed by atoms with Gasteiger partial charge in [0, 0.05) is 6.04 Å². The molecule has 0 aliphatic heterocycles. The number of amides is 1. The van der Waals surface area contributed by atoms with Gasteiger partial charge in [-0.3, -0.25) is 4.79 Å². The molecule has 0 atom stereocenters. The zero-order valence-corrected chi connectivity index (χ0v) is 13.9. The number of carbonyl (C=O) groups is 2. The number of hydrogen-bond donors (Lipinski definition) is 3. The molecule has 0 saturated heterocycles. The number of carboxylic acids is 1. The fourth-order valence-electron chi connectivity index (χ4n) is 2.85. The molecule has 1 aliphatic rings. The lowest BCUT2D eigenvalue weighted by Crippen LogP contribution is -2.61. The van der Waals surface area contributed by atoms with Gasteiger partial charge in [0.05, 0.1) is 21.3 Å². The number of nitrogens with one attached hydrogen (secondary N) is 2. The molecular weight excluding hydrogens is 314 g/mol. The molecule has 1 aromatic carbocycles. The first-order valence-corrected chi connectivity index (χ1v) is 8.44. The highest BCUT2D eigenvalue weighted by Crippen LogP contribution is 2.35. The van der Waals surface area contributed by atoms with E-state index in [-0.39, 0.29) is 17.5 Å². The zero-order chi connectivity index (χ0) is 16.6. The highest BCUT2D eigenvalue weighted by molar-refractivity contribution is 7.22. The van der Waals surface area contributed by atoms with Crippen molar-refractivity contribution in [2.45, 2.75) is 44.7 Å². The minimum Gasteiger partial charge on any atom is -0.478 e. The van der Waals surface area contributed by atoms with Crippen LogP contribution in [0.1, 0.15) is 43.5 Å². The third-order valence-corrected chi connectivity index (χ3v) is 5.01. The Kier molecular flexibility index (Phi) is 4.08. The van der Waals surface area contributed by atoms with E-state index in [9.17, 15) is 9.59 Å². The first kappa shape index (κ1) is 15.9. The Bertz CT molecular complexity index is 765. The number of aromatic nitrogens is 1. The lowest BCUT2D eigenvalue weighted by Gasteiger charge is -2.42. The molecule has 1 aliphatic carbocycles. The highest BCUT2D eigenvalue weighted by Gasteiger charge is 2.44. The Morgan fingerprint density at radius 1 is 1.35 bits per heavy atom. The van der Waals surface area contributed by atoms with Crippen molar-refractivity contribution in [1.82, 2.24) is 10.3 Å². The van der Waals surface area contributed by atoms with Crippen LogP contribution < -0.4 is 10.6 Å². The van der Waals surface area contributed by atoms with Gasteiger partial charge in [0.1, 0.15) is 0 Å². The highest BCUT2D eigenvalue weighted by atomic mass is 32.1. The summed E-state index contributed by atoms with van der Waals surface area (Å²) >= 11 is 1.35. The summed E-state index contributed by atoms with van der Waals surface area (Å²) < 4.78 is 0.852. The van der Waals surface area contributed by atoms with Crippen LogP contribution in [0.15, 0.2) is 18.2 Å². The van der Waals surface area contributed by atoms with Crippen LogP contribution >= 0.6 is 11.3 Å². The number of aromatic carboxylic acids is 1. The summed E-state index contributed by atoms with van der Waals surface area (Å²) in [5.74, 6) is -1.05. The minimum atomic E-state index is -0.986. The van der Waals surface area contributed by atoms with Gasteiger partial charge >= 0.3 is 5.97 Å². The maximum absolute atomic E-state index is 12.6. The van der Waals surface area contributed by atoms with Crippen LogP contribution in [0.2, 0.25) is 0 Å². The van der Waals surface area contributed by atoms with E-state index < -0.39 is 11.5 Å². The van der Waals surface area contributed by atoms with Crippen molar-refractivity contribution in [2.75, 3.05) is 5.32 Å². The van der Waals surface area contributed by atoms with E-state index in [1.165, 1.54) is 17.4 Å². The van der Waals surface area contributed by atoms with E-state index in [1.54, 1.807) is 12.1 Å². The average molecular weight is 333 g/mol. The molecule has 1 amide bonds. The first-order valence-electron chi connectivity index (χ1n) is 7.63. The van der Waals surface area contributed by atoms with E-state index >= 15 is 0 Å². The molecule has 1 saturated carbocycles. The number of benzene rings is 1. The standard InChI is InChI=1S/C16H19N3O3S/c1-9(2)19-16(6-3-7-16)14(22)18-15-17-11-8-10(13(20)21)4-5-12(11)23-15/h4-5,8-9,19H,3,6-7H2,1-2H3,(H,20,21)(H,17,18,22). The van der Waals surface area contributed by atoms with Gasteiger partial charge in [-0.05, 0) is 51.3 Å². The molecule has 0 unspecified atom stereocenters. The van der Waals surface area contributed by atoms with Crippen LogP contribution in [-0.2, 0) is 4.79 Å². The smallest absolute Gasteiger partial charge is 0.335 e. The van der Waals surface area contributed by atoms with Crippen LogP contribution in [0.5, 0.6) is 0 Å². The Morgan fingerprint density at radius 2 is 2.09 bits per heavy atom. The second kappa shape index (κ2) is 5.90. The van der Waals surface area contributed by atoms with Crippen molar-refractivity contribution in [3.63, 3.8) is 0 Å². The van der Waals surface area contributed by atoms with Crippen molar-refractivity contribution < 1.29 is 14.7 Å². The van der Waals surface area contributed by atoms with Gasteiger partial charge in [0.15, 0.2) is 5.13 Å². The quantitative estimate of drug-likeness (QED) is 0.782. The van der Waals surface area contributed by atoms with E-state index in [2.05, 4.69) is 15.6 Å². The number of thiazole rings is 1. The summed E-state index contributed by atoms with van der Waals surface area (Å²) in [7, 11) is 0. The fourth-order valence-corrected chi connectivity index (χ4v) is 3.69. The Hall–Kier alpha value is -1.99. The normalized spacial score (nSPS) is 16.3. The van der Waals surface area contributed by atoms with Gasteiger partial charge in [-0.15, -0.1) is 0 Å². The number of hydrogen-bond acceptors (Lipinski definition) is 5. The number of rotatable bonds is 5. The molecule has 7 heteroatoms. The van der Waals surface area contributed by atoms with Crippen LogP contribution in [0.3, 0.4) is 0 Å². The van der Waals surface area contributed by atoms with Crippen molar-refractivity contribution in [3.05, 3.63) is 23.8 Å². The van der Waals surface area contributed by atoms with Gasteiger partial charge in [-0.1, -0.05) is 11.3 Å². The summed E-state index contributed by atoms with van der Waals surface area (Å²) in [4.78, 5) is 28.0. The SMILES string of the molecule is CC(C)NC1(C(=O)Nc2nc3cc(C(=O)O)ccc3s2)CCC1. The Balaban J connectivity index is 1.81. The van der Waals surface area contributed by atoms with Crippen LogP contribution in [0, 0.1) is 0 Å². The summed E-state index contributed by atoms with van der Waals surface area (Å²) in [6.45, 7) is 4.05. The van der Waals surface area contributed by atoms with Crippen molar-refractivity contribution in [1.29, 1.82) is 0 Å². The lowest BCUT2D eigenvalue weighted by molar-refractivity contribution is -0.126. The Labute approximate surface area is 137 Å². The van der Waals surface area contributed by atoms with Gasteiger partial charge in [-0.2, -0.15) is 0 Å². The van der Waals surface area contributed by atoms with Crippen molar-refractivity contribution in [2.24, 2.45) is 0 Å². The summed E-state index contributed by atoms with van der Waals surface area (Å²) in [5.41, 5.74) is 0.278. The third kappa shape index (κ3) is 3.07. The average Bonchev–Trinajstić information content (AvgIpc) is 2.83. The van der Waals surface area contributed by atoms with E-state index in [0.717, 1.165) is 24.0 Å². The van der Waals surface area contributed by atoms with E-state index in [4.69, 9.17) is 5.11 Å². The van der Waals surface area contributed by atoms with Gasteiger partial charge in [-0.25, -0.2) is 9.78 Å². The predicted molar refractivity (Wildman–Crippen MR) is 90.1 cm³/mol. The topological polar surface area (TPSA) is 91.3 Å². The van der Waals surface area contributed by atoms with Gasteiger partial charge in [0.2, 0.25) is 5.91 Å². The molecule has 3 rings (SSSR count). The number of fused-ring (bicyclic) bond motifs is 1. The monoisotopic (exact) mass is 333 g/mol. The van der Waals surface area contributed by atoms with Gasteiger partial charge in [0.25, 0.3) is 0 Å². The molecule has 6 nitrogen and oxygen atoms in total. The van der Waals surface area contributed by atoms with Crippen LogP contribution in [0.25, 0.3) is 10.2 Å². The first-order chi connectivity index (χ1) is 10.9. The van der Waals surface area contributed by atoms with E-state index in [0.29, 0.717) is 10.6 Å². The molecule has 0 spiro atoms. The molecule has 1 fully saturated rings. The maximum atomic E-state index is 12.6. The third-order valence-electron chi connectivity index (χ3n) is 4.06. The predicted octanol–water partition coefficient (Wildman–Crippen LogP) is 2.85. The summed E-state index contributed by atoms with van der Waals surface area (Å²) in [5, 5.41) is 15.8. The second-order valence-corrected chi connectivity index (χ2v) is 7.23. The van der Waals surface area contributed by atoms with Gasteiger partial charge < -0.3 is 15.7 Å². The molecular formula is C16H19N3O3S. The summed E-state index contributed by atoms with van der Waals surface area (Å²) in [6.07, 6.45) is 2.69. The number of carboxylic acid groups (broad SMARTS) is 1. The molecule has 0 bridgehead atoms.